The summed E-state index contributed by atoms with van der Waals surface area (Å²) in [6, 6.07) is 3.70. The highest BCUT2D eigenvalue weighted by Crippen LogP contribution is 2.30. The lowest BCUT2D eigenvalue weighted by Gasteiger charge is -2.36. The number of fused-ring (bicyclic) bond motifs is 10. The Morgan fingerprint density at radius 1 is 0.587 bits per heavy atom. The first kappa shape index (κ1) is 111. The molecule has 0 radical (unpaired) electrons. The number of aromatic hydroxyl groups is 1. The van der Waals surface area contributed by atoms with E-state index in [9.17, 15) is 53.6 Å². The summed E-state index contributed by atoms with van der Waals surface area (Å²) in [5.74, 6) is -18.6. The molecule has 0 saturated carbocycles. The molecule has 2 aromatic heterocycles. The Morgan fingerprint density at radius 2 is 1.19 bits per heavy atom. The van der Waals surface area contributed by atoms with Crippen molar-refractivity contribution in [3.63, 3.8) is 0 Å². The van der Waals surface area contributed by atoms with Crippen LogP contribution in [0.1, 0.15) is 154 Å². The van der Waals surface area contributed by atoms with E-state index in [1.165, 1.54) is 73.9 Å². The van der Waals surface area contributed by atoms with Crippen LogP contribution in [0.2, 0.25) is 0 Å². The molecule has 5 aliphatic heterocycles. The first-order valence-corrected chi connectivity index (χ1v) is 49.7. The number of para-hydroxylation sites is 2. The summed E-state index contributed by atoms with van der Waals surface area (Å²) in [7, 11) is 2.06. The number of hydrogen-bond donors (Lipinski definition) is 18. The van der Waals surface area contributed by atoms with Crippen molar-refractivity contribution in [1.82, 2.24) is 92.5 Å². The molecule has 43 nitrogen and oxygen atoms in total. The van der Waals surface area contributed by atoms with Gasteiger partial charge in [0.25, 0.3) is 0 Å². The monoisotopic (exact) mass is 2000 g/mol. The van der Waals surface area contributed by atoms with Crippen LogP contribution in [0.5, 0.6) is 5.75 Å². The Balaban J connectivity index is 1.10. The summed E-state index contributed by atoms with van der Waals surface area (Å²) >= 11 is 0.788. The van der Waals surface area contributed by atoms with Gasteiger partial charge in [0.15, 0.2) is 0 Å². The standard InChI is InChI=1S/C98H136BN21O22S/c1-11-13-23-77-91(133)108-68(38-54(3)4)88(130)114-75(86(128)105-48-82(102)124)52-143-53-83(125)106-71(40-57-29-33-62(121)34-30-57)94(136)115(8)56(7)85(127)110-73(44-81(101)123)96(138)119-37-19-26-78(119)92(134)113-74-47-103-45-58-27-31-61(32-28-58)99(141)142-84(126)51-118-49-60(65-21-16-18-25-76(65)118)42-72(95(137)117(10)79(24-14-12-2)98(140)116(77)9)112-87(129)67(35-36-100)107-89(131)69(41-59-46-104-66-22-17-15-20-64(59)66)109-93(135)80-43-63(122)50-120(80)97(139)70(39-55(5)6)111-90(74)132/h15-18,20-22,25,27-34,46,49,54-56,63,67-75,77-80,103-104,121-122,141H,11-14,19,23-24,26,35-45,47-48,50-53,100H2,1-10H3,(H2,101,123)(H2,102,124)(H,105,128)(H,106,125)(H,107,131)(H,108,133)(H,109,135)(H,110,127)(H,111,132)(H,112,129)(H,113,134)(H,114,130)/t56-,63+,67-,68-,69-,70-,71-,72-,73-,74-,75-,77-,78-,79-,80-/m0/s1. The SMILES string of the molecule is CCCC[C@H]1C(=O)N(C)[C@@H](CCCC)C(=O)N[C@@H](CC(C)C)C(=O)N[C@H](C(=O)NCC(N)=O)CSCC(=O)N[C@@H](Cc2ccc(O)cc2)C(=O)N(C)[C@@H](C)C(=O)N[C@@H](CC(N)=O)C(=O)N2CCC[C@H]2C(=O)N[C@H]2CNCc3ccc(cc3)B(O)OC(=O)Cn3cc(c4ccccc43)C[C@H](NC(=O)[C@H](CCN)NC(=O)[C@H](Cc3c[nH]c4ccccc34)NC(=O)[C@@H]3C[C@@H](O)CN3C(=O)[C@H](CC(C)C)NC2=O)C(=O)N1C. The number of aromatic nitrogens is 2. The summed E-state index contributed by atoms with van der Waals surface area (Å²) < 4.78 is 7.18. The Hall–Kier alpha value is -13.5. The van der Waals surface area contributed by atoms with Gasteiger partial charge >= 0.3 is 13.1 Å². The maximum atomic E-state index is 16.2. The smallest absolute Gasteiger partial charge is 0.508 e. The summed E-state index contributed by atoms with van der Waals surface area (Å²) in [6.45, 7) is 9.33. The van der Waals surface area contributed by atoms with E-state index in [1.807, 2.05) is 13.8 Å². The third kappa shape index (κ3) is 30.5. The summed E-state index contributed by atoms with van der Waals surface area (Å²) in [4.78, 5) is 277. The summed E-state index contributed by atoms with van der Waals surface area (Å²) in [5, 5.41) is 64.8. The highest BCUT2D eigenvalue weighted by molar-refractivity contribution is 8.00. The number of amides is 17. The fraction of sp³-hybridized carbons (Fsp3) is 0.531. The molecular weight excluding hydrogens is 1870 g/mol. The number of hydrogen-bond acceptors (Lipinski definition) is 25. The predicted molar refractivity (Wildman–Crippen MR) is 530 cm³/mol. The molecule has 7 heterocycles. The number of H-pyrrole nitrogens is 1. The number of nitrogens with one attached hydrogen (secondary N) is 12. The number of phenolic OH excluding ortho intramolecular Hbond substituents is 1. The van der Waals surface area contributed by atoms with E-state index in [4.69, 9.17) is 21.9 Å². The van der Waals surface area contributed by atoms with Crippen LogP contribution in [0, 0.1) is 11.8 Å². The minimum atomic E-state index is -1.87. The zero-order valence-corrected chi connectivity index (χ0v) is 83.2. The number of nitrogens with zero attached hydrogens (tertiary/aromatic N) is 6. The van der Waals surface area contributed by atoms with Gasteiger partial charge in [-0.1, -0.05) is 140 Å². The van der Waals surface area contributed by atoms with Gasteiger partial charge in [0.05, 0.1) is 24.8 Å². The van der Waals surface area contributed by atoms with Crippen molar-refractivity contribution in [1.29, 1.82) is 0 Å². The Kier molecular flexibility index (Phi) is 40.9. The maximum absolute atomic E-state index is 16.2. The maximum Gasteiger partial charge on any atom is 0.561 e. The second-order valence-corrected chi connectivity index (χ2v) is 38.9. The van der Waals surface area contributed by atoms with Gasteiger partial charge < -0.3 is 130 Å². The molecule has 0 unspecified atom stereocenters. The number of thioether (sulfide) groups is 1. The van der Waals surface area contributed by atoms with Gasteiger partial charge in [-0.15, -0.1) is 11.8 Å². The van der Waals surface area contributed by atoms with Crippen LogP contribution in [0.15, 0.2) is 109 Å². The van der Waals surface area contributed by atoms with Gasteiger partial charge in [0, 0.05) is 113 Å². The molecule has 3 saturated heterocycles. The van der Waals surface area contributed by atoms with Crippen molar-refractivity contribution in [2.24, 2.45) is 29.0 Å². The third-order valence-corrected chi connectivity index (χ3v) is 27.1. The van der Waals surface area contributed by atoms with Crippen molar-refractivity contribution < 1.29 is 106 Å². The number of aliphatic hydroxyl groups is 1. The molecule has 45 heteroatoms. The van der Waals surface area contributed by atoms with Crippen LogP contribution in [0.4, 0.5) is 0 Å². The van der Waals surface area contributed by atoms with Crippen LogP contribution < -0.4 is 81.1 Å². The van der Waals surface area contributed by atoms with Crippen LogP contribution in [0.3, 0.4) is 0 Å². The molecule has 6 aromatic rings. The van der Waals surface area contributed by atoms with Gasteiger partial charge in [-0.2, -0.15) is 0 Å². The average molecular weight is 2000 g/mol. The number of benzene rings is 4. The number of nitrogens with two attached hydrogens (primary N) is 3. The number of carbonyl (C=O) groups is 18. The quantitative estimate of drug-likeness (QED) is 0.0339. The average Bonchev–Trinajstić information content (AvgIpc) is 1.64. The molecule has 774 valence electrons. The number of phenols is 1. The Morgan fingerprint density at radius 3 is 1.86 bits per heavy atom. The number of likely N-dealkylation sites (N-methyl/N-ethyl adjacent to an activating group) is 3. The van der Waals surface area contributed by atoms with Crippen molar-refractivity contribution in [2.75, 3.05) is 65.4 Å². The van der Waals surface area contributed by atoms with Crippen LogP contribution in [-0.2, 0) is 123 Å². The van der Waals surface area contributed by atoms with E-state index in [0.717, 1.165) is 31.4 Å². The van der Waals surface area contributed by atoms with Gasteiger partial charge in [-0.25, -0.2) is 0 Å². The van der Waals surface area contributed by atoms with Crippen LogP contribution in [-0.4, -0.2) is 319 Å². The zero-order chi connectivity index (χ0) is 104. The van der Waals surface area contributed by atoms with E-state index in [1.54, 1.807) is 101 Å². The molecule has 11 rings (SSSR count). The van der Waals surface area contributed by atoms with E-state index in [0.29, 0.717) is 69.7 Å². The van der Waals surface area contributed by atoms with Gasteiger partial charge in [0.2, 0.25) is 100 Å². The fourth-order valence-corrected chi connectivity index (χ4v) is 19.0. The molecule has 0 spiro atoms. The second-order valence-electron chi connectivity index (χ2n) is 37.9. The third-order valence-electron chi connectivity index (χ3n) is 26.0. The fourth-order valence-electron chi connectivity index (χ4n) is 18.2. The molecule has 15 atom stereocenters. The highest BCUT2D eigenvalue weighted by Gasteiger charge is 2.47. The van der Waals surface area contributed by atoms with Crippen molar-refractivity contribution in [2.45, 2.75) is 255 Å². The van der Waals surface area contributed by atoms with E-state index < -0.39 is 267 Å². The molecular formula is C98H136BN21O22S. The lowest BCUT2D eigenvalue weighted by Crippen LogP contribution is -2.62. The molecule has 21 N–H and O–H groups in total. The topological polar surface area (TPSA) is 624 Å². The molecule has 143 heavy (non-hydrogen) atoms. The summed E-state index contributed by atoms with van der Waals surface area (Å²) in [5.41, 5.74) is 20.5. The lowest BCUT2D eigenvalue weighted by molar-refractivity contribution is -0.149. The largest absolute Gasteiger partial charge is 0.561 e. The number of carbonyl (C=O) groups excluding carboxylic acids is 18. The number of aliphatic hydroxyl groups excluding tert-OH is 1. The number of primary amides is 2. The van der Waals surface area contributed by atoms with Gasteiger partial charge in [0.1, 0.15) is 96.9 Å². The van der Waals surface area contributed by atoms with Crippen molar-refractivity contribution in [3.8, 4) is 5.75 Å². The minimum absolute atomic E-state index is 0.00623. The molecule has 3 fully saturated rings. The van der Waals surface area contributed by atoms with E-state index in [-0.39, 0.29) is 94.6 Å². The number of unbranched alkanes of at least 4 members (excludes halogenated alkanes) is 2. The van der Waals surface area contributed by atoms with E-state index in [2.05, 4.69) is 63.5 Å². The number of aromatic amines is 1. The van der Waals surface area contributed by atoms with Crippen molar-refractivity contribution in [3.05, 3.63) is 132 Å². The normalized spacial score (nSPS) is 24.9. The van der Waals surface area contributed by atoms with E-state index >= 15 is 47.9 Å². The molecule has 5 aliphatic rings. The first-order chi connectivity index (χ1) is 68.1. The highest BCUT2D eigenvalue weighted by atomic mass is 32.2. The van der Waals surface area contributed by atoms with Gasteiger partial charge in [-0.3, -0.25) is 86.3 Å². The van der Waals surface area contributed by atoms with Crippen LogP contribution >= 0.6 is 11.8 Å². The second kappa shape index (κ2) is 52.5. The Bertz CT molecular complexity index is 5570. The zero-order valence-electron chi connectivity index (χ0n) is 82.4. The number of rotatable bonds is 21. The molecule has 17 amide bonds. The lowest BCUT2D eigenvalue weighted by atomic mass is 9.79. The molecule has 0 aliphatic carbocycles. The summed E-state index contributed by atoms with van der Waals surface area (Å²) in [6.07, 6.45) is 0.761. The Labute approximate surface area is 833 Å². The van der Waals surface area contributed by atoms with Gasteiger partial charge in [-0.05, 0) is 122 Å². The van der Waals surface area contributed by atoms with Crippen LogP contribution in [0.25, 0.3) is 21.8 Å². The predicted octanol–water partition coefficient (Wildman–Crippen LogP) is -2.25. The molecule has 4 aromatic carbocycles. The first-order valence-electron chi connectivity index (χ1n) is 48.6. The van der Waals surface area contributed by atoms with Crippen molar-refractivity contribution >= 4 is 153 Å². The minimum Gasteiger partial charge on any atom is -0.508 e. The molecule has 6 bridgehead atoms.